The molecule has 0 aromatic heterocycles. The Hall–Kier alpha value is -1.30. The molecular weight excluding hydrogens is 244 g/mol. The normalized spacial score (nSPS) is 25.2. The van der Waals surface area contributed by atoms with Crippen molar-refractivity contribution < 1.29 is 14.2 Å². The number of nitrogens with two attached hydrogens (primary N) is 1. The molecule has 5 nitrogen and oxygen atoms in total. The third-order valence-electron chi connectivity index (χ3n) is 2.98. The largest absolute Gasteiger partial charge is 0.486 e. The Morgan fingerprint density at radius 3 is 2.68 bits per heavy atom. The Balaban J connectivity index is 0.000000163. The first-order valence-electron chi connectivity index (χ1n) is 6.76. The van der Waals surface area contributed by atoms with Crippen molar-refractivity contribution >= 4 is 0 Å². The summed E-state index contributed by atoms with van der Waals surface area (Å²) in [5, 5.41) is 3.08. The summed E-state index contributed by atoms with van der Waals surface area (Å²) in [5.74, 6) is 1.73. The minimum absolute atomic E-state index is 0.0752. The zero-order valence-corrected chi connectivity index (χ0v) is 11.3. The van der Waals surface area contributed by atoms with Crippen LogP contribution < -0.4 is 20.5 Å². The van der Waals surface area contributed by atoms with Crippen LogP contribution in [0.25, 0.3) is 0 Å². The highest BCUT2D eigenvalue weighted by molar-refractivity contribution is 5.40. The van der Waals surface area contributed by atoms with Crippen molar-refractivity contribution in [3.8, 4) is 11.5 Å². The quantitative estimate of drug-likeness (QED) is 0.797. The lowest BCUT2D eigenvalue weighted by atomic mass is 10.2. The maximum Gasteiger partial charge on any atom is 0.161 e. The van der Waals surface area contributed by atoms with E-state index in [4.69, 9.17) is 19.9 Å². The van der Waals surface area contributed by atoms with Gasteiger partial charge in [0.1, 0.15) is 18.9 Å². The first kappa shape index (κ1) is 14.1. The average Bonchev–Trinajstić information content (AvgIpc) is 2.48. The molecule has 0 spiro atoms. The smallest absolute Gasteiger partial charge is 0.161 e. The number of nitrogens with one attached hydrogen (secondary N) is 1. The second-order valence-corrected chi connectivity index (χ2v) is 4.52. The van der Waals surface area contributed by atoms with Gasteiger partial charge < -0.3 is 25.3 Å². The highest BCUT2D eigenvalue weighted by atomic mass is 16.6. The summed E-state index contributed by atoms with van der Waals surface area (Å²) in [6.07, 6.45) is 1.14. The van der Waals surface area contributed by atoms with E-state index in [9.17, 15) is 0 Å². The summed E-state index contributed by atoms with van der Waals surface area (Å²) in [5.41, 5.74) is 5.35. The molecule has 1 fully saturated rings. The average molecular weight is 266 g/mol. The molecule has 3 N–H and O–H groups in total. The monoisotopic (exact) mass is 266 g/mol. The SMILES string of the molecule is CCC1COc2ccccc2O1.NC1CNCCO1. The van der Waals surface area contributed by atoms with E-state index in [1.165, 1.54) is 0 Å². The van der Waals surface area contributed by atoms with E-state index in [1.54, 1.807) is 0 Å². The van der Waals surface area contributed by atoms with Crippen LogP contribution in [-0.2, 0) is 4.74 Å². The molecule has 106 valence electrons. The summed E-state index contributed by atoms with van der Waals surface area (Å²) in [7, 11) is 0. The number of morpholine rings is 1. The van der Waals surface area contributed by atoms with E-state index in [-0.39, 0.29) is 12.3 Å². The summed E-state index contributed by atoms with van der Waals surface area (Å²) in [6, 6.07) is 7.78. The molecule has 2 aliphatic heterocycles. The molecule has 0 bridgehead atoms. The number of benzene rings is 1. The van der Waals surface area contributed by atoms with E-state index in [0.717, 1.165) is 37.6 Å². The van der Waals surface area contributed by atoms with Crippen molar-refractivity contribution in [3.63, 3.8) is 0 Å². The van der Waals surface area contributed by atoms with Crippen LogP contribution in [-0.4, -0.2) is 38.6 Å². The van der Waals surface area contributed by atoms with Gasteiger partial charge in [-0.05, 0) is 18.6 Å². The fourth-order valence-corrected chi connectivity index (χ4v) is 1.85. The van der Waals surface area contributed by atoms with Gasteiger partial charge in [-0.25, -0.2) is 0 Å². The lowest BCUT2D eigenvalue weighted by Crippen LogP contribution is -2.43. The summed E-state index contributed by atoms with van der Waals surface area (Å²) >= 11 is 0. The number of ether oxygens (including phenoxy) is 3. The maximum absolute atomic E-state index is 5.66. The highest BCUT2D eigenvalue weighted by Gasteiger charge is 2.17. The molecule has 2 aliphatic rings. The molecule has 0 aliphatic carbocycles. The van der Waals surface area contributed by atoms with Gasteiger partial charge in [-0.1, -0.05) is 19.1 Å². The molecule has 3 rings (SSSR count). The van der Waals surface area contributed by atoms with E-state index in [0.29, 0.717) is 6.61 Å². The fraction of sp³-hybridized carbons (Fsp3) is 0.571. The van der Waals surface area contributed by atoms with Gasteiger partial charge in [0.15, 0.2) is 11.5 Å². The number of hydrogen-bond acceptors (Lipinski definition) is 5. The molecule has 1 saturated heterocycles. The van der Waals surface area contributed by atoms with Crippen molar-refractivity contribution in [1.29, 1.82) is 0 Å². The Kier molecular flexibility index (Phi) is 5.44. The second-order valence-electron chi connectivity index (χ2n) is 4.52. The van der Waals surface area contributed by atoms with Gasteiger partial charge in [0.05, 0.1) is 6.61 Å². The standard InChI is InChI=1S/C10H12O2.C4H10N2O/c1-2-8-7-11-9-5-3-4-6-10(9)12-8;5-4-3-6-1-2-7-4/h3-6,8H,2,7H2,1H3;4,6H,1-3,5H2. The molecule has 0 radical (unpaired) electrons. The van der Waals surface area contributed by atoms with Crippen LogP contribution in [0.2, 0.25) is 0 Å². The lowest BCUT2D eigenvalue weighted by molar-refractivity contribution is 0.0331. The summed E-state index contributed by atoms with van der Waals surface area (Å²) < 4.78 is 16.2. The first-order chi connectivity index (χ1) is 9.29. The first-order valence-corrected chi connectivity index (χ1v) is 6.76. The van der Waals surface area contributed by atoms with Gasteiger partial charge in [-0.15, -0.1) is 0 Å². The predicted molar refractivity (Wildman–Crippen MR) is 73.4 cm³/mol. The minimum Gasteiger partial charge on any atom is -0.486 e. The molecule has 2 heterocycles. The Bertz CT molecular complexity index is 381. The van der Waals surface area contributed by atoms with Crippen LogP contribution in [0, 0.1) is 0 Å². The summed E-state index contributed by atoms with van der Waals surface area (Å²) in [6.45, 7) is 5.25. The van der Waals surface area contributed by atoms with Crippen LogP contribution in [0.5, 0.6) is 11.5 Å². The number of hydrogen-bond donors (Lipinski definition) is 2. The topological polar surface area (TPSA) is 65.7 Å². The predicted octanol–water partition coefficient (Wildman–Crippen LogP) is 1.13. The number of fused-ring (bicyclic) bond motifs is 1. The molecule has 0 saturated carbocycles. The van der Waals surface area contributed by atoms with Crippen LogP contribution in [0.15, 0.2) is 24.3 Å². The van der Waals surface area contributed by atoms with Crippen LogP contribution in [0.4, 0.5) is 0 Å². The van der Waals surface area contributed by atoms with Crippen LogP contribution in [0.1, 0.15) is 13.3 Å². The van der Waals surface area contributed by atoms with E-state index < -0.39 is 0 Å². The molecule has 2 atom stereocenters. The molecule has 0 amide bonds. The Morgan fingerprint density at radius 1 is 1.32 bits per heavy atom. The van der Waals surface area contributed by atoms with Crippen molar-refractivity contribution in [2.75, 3.05) is 26.3 Å². The maximum atomic E-state index is 5.66. The molecular formula is C14H22N2O3. The Morgan fingerprint density at radius 2 is 2.11 bits per heavy atom. The molecule has 19 heavy (non-hydrogen) atoms. The molecule has 1 aromatic rings. The van der Waals surface area contributed by atoms with Crippen molar-refractivity contribution in [3.05, 3.63) is 24.3 Å². The molecule has 5 heteroatoms. The minimum atomic E-state index is -0.0752. The number of para-hydroxylation sites is 2. The molecule has 1 aromatic carbocycles. The Labute approximate surface area is 114 Å². The second kappa shape index (κ2) is 7.33. The zero-order valence-electron chi connectivity index (χ0n) is 11.3. The third-order valence-corrected chi connectivity index (χ3v) is 2.98. The van der Waals surface area contributed by atoms with Crippen LogP contribution in [0.3, 0.4) is 0 Å². The fourth-order valence-electron chi connectivity index (χ4n) is 1.85. The van der Waals surface area contributed by atoms with Gasteiger partial charge in [0.2, 0.25) is 0 Å². The van der Waals surface area contributed by atoms with Crippen molar-refractivity contribution in [2.24, 2.45) is 5.73 Å². The number of rotatable bonds is 1. The third kappa shape index (κ3) is 4.38. The highest BCUT2D eigenvalue weighted by Crippen LogP contribution is 2.31. The van der Waals surface area contributed by atoms with Gasteiger partial charge in [0, 0.05) is 13.1 Å². The van der Waals surface area contributed by atoms with Crippen molar-refractivity contribution in [2.45, 2.75) is 25.7 Å². The van der Waals surface area contributed by atoms with E-state index in [1.807, 2.05) is 24.3 Å². The molecule has 2 unspecified atom stereocenters. The van der Waals surface area contributed by atoms with Gasteiger partial charge >= 0.3 is 0 Å². The van der Waals surface area contributed by atoms with Crippen LogP contribution >= 0.6 is 0 Å². The zero-order chi connectivity index (χ0) is 13.5. The van der Waals surface area contributed by atoms with Crippen molar-refractivity contribution in [1.82, 2.24) is 5.32 Å². The lowest BCUT2D eigenvalue weighted by Gasteiger charge is -2.25. The van der Waals surface area contributed by atoms with Gasteiger partial charge in [-0.3, -0.25) is 0 Å². The van der Waals surface area contributed by atoms with Gasteiger partial charge in [-0.2, -0.15) is 0 Å². The van der Waals surface area contributed by atoms with E-state index in [2.05, 4.69) is 12.2 Å². The van der Waals surface area contributed by atoms with Gasteiger partial charge in [0.25, 0.3) is 0 Å². The summed E-state index contributed by atoms with van der Waals surface area (Å²) in [4.78, 5) is 0. The van der Waals surface area contributed by atoms with E-state index >= 15 is 0 Å².